The quantitative estimate of drug-likeness (QED) is 0.561. The van der Waals surface area contributed by atoms with Crippen molar-refractivity contribution in [2.75, 3.05) is 12.4 Å². The molecule has 0 unspecified atom stereocenters. The van der Waals surface area contributed by atoms with E-state index in [0.29, 0.717) is 29.8 Å². The van der Waals surface area contributed by atoms with Crippen molar-refractivity contribution in [1.29, 1.82) is 0 Å². The van der Waals surface area contributed by atoms with Crippen LogP contribution in [0.4, 0.5) is 28.9 Å². The lowest BCUT2D eigenvalue weighted by molar-refractivity contribution is -0.137. The van der Waals surface area contributed by atoms with Crippen LogP contribution in [0.5, 0.6) is 5.75 Å². The van der Waals surface area contributed by atoms with Crippen LogP contribution in [0.1, 0.15) is 30.5 Å². The van der Waals surface area contributed by atoms with E-state index in [1.54, 1.807) is 0 Å². The number of alkyl halides is 3. The second-order valence-electron chi connectivity index (χ2n) is 7.59. The Hall–Kier alpha value is -3.32. The lowest BCUT2D eigenvalue weighted by atomic mass is 10.1. The van der Waals surface area contributed by atoms with Crippen LogP contribution in [0.3, 0.4) is 0 Å². The normalized spacial score (nSPS) is 13.8. The first kappa shape index (κ1) is 22.9. The monoisotopic (exact) mass is 479 g/mol. The topological polar surface area (TPSA) is 105 Å². The molecule has 4 rings (SSSR count). The van der Waals surface area contributed by atoms with Gasteiger partial charge in [0, 0.05) is 50.1 Å². The molecule has 4 heterocycles. The second-order valence-corrected chi connectivity index (χ2v) is 8.34. The molecule has 1 amide bonds. The number of rotatable bonds is 5. The summed E-state index contributed by atoms with van der Waals surface area (Å²) in [5, 5.41) is 5.21. The van der Waals surface area contributed by atoms with Gasteiger partial charge in [-0.3, -0.25) is 9.88 Å². The number of amides is 1. The Morgan fingerprint density at radius 1 is 1.18 bits per heavy atom. The minimum absolute atomic E-state index is 0.108. The molecule has 0 aliphatic carbocycles. The third kappa shape index (κ3) is 5.03. The number of pyridine rings is 2. The Morgan fingerprint density at radius 3 is 2.64 bits per heavy atom. The predicted molar refractivity (Wildman–Crippen MR) is 115 cm³/mol. The van der Waals surface area contributed by atoms with E-state index in [2.05, 4.69) is 48.7 Å². The Bertz CT molecular complexity index is 1180. The number of halogens is 3. The maximum atomic E-state index is 13.1. The molecule has 1 aliphatic rings. The number of carbonyl (C=O) groups excluding carboxylic acids is 1. The average molecular weight is 479 g/mol. The standard InChI is InChI=1S/C20H20F3N7O2S/c1-10(2)30-8-11-4-14(25-6-12(11)9-30)16-27-18(33-29-16)28-17-15(32-19(31)24-3)5-13(7-26-17)20(21,22)23/h4-7,10H,8-9H2,1-3H3,(H,24,31)(H,26,27,28,29). The predicted octanol–water partition coefficient (Wildman–Crippen LogP) is 4.20. The highest BCUT2D eigenvalue weighted by Gasteiger charge is 2.32. The minimum atomic E-state index is -4.65. The molecular weight excluding hydrogens is 459 g/mol. The Labute approximate surface area is 191 Å². The molecule has 33 heavy (non-hydrogen) atoms. The fourth-order valence-electron chi connectivity index (χ4n) is 3.20. The van der Waals surface area contributed by atoms with Gasteiger partial charge in [-0.15, -0.1) is 0 Å². The lowest BCUT2D eigenvalue weighted by Crippen LogP contribution is -2.24. The zero-order valence-corrected chi connectivity index (χ0v) is 18.7. The molecule has 9 nitrogen and oxygen atoms in total. The summed E-state index contributed by atoms with van der Waals surface area (Å²) >= 11 is 0.980. The molecule has 0 atom stereocenters. The molecule has 3 aromatic heterocycles. The summed E-state index contributed by atoms with van der Waals surface area (Å²) in [6, 6.07) is 3.05. The summed E-state index contributed by atoms with van der Waals surface area (Å²) in [6.07, 6.45) is -3.13. The van der Waals surface area contributed by atoms with Gasteiger partial charge in [-0.1, -0.05) is 0 Å². The summed E-state index contributed by atoms with van der Waals surface area (Å²) in [6.45, 7) is 5.92. The molecule has 174 valence electrons. The minimum Gasteiger partial charge on any atom is -0.406 e. The number of hydrogen-bond acceptors (Lipinski definition) is 9. The van der Waals surface area contributed by atoms with Crippen molar-refractivity contribution >= 4 is 28.6 Å². The molecule has 0 bridgehead atoms. The molecular formula is C20H20F3N7O2S. The van der Waals surface area contributed by atoms with E-state index in [4.69, 9.17) is 4.74 Å². The third-order valence-corrected chi connectivity index (χ3v) is 5.66. The van der Waals surface area contributed by atoms with Crippen molar-refractivity contribution in [3.05, 3.63) is 41.2 Å². The highest BCUT2D eigenvalue weighted by molar-refractivity contribution is 7.09. The Morgan fingerprint density at radius 2 is 1.94 bits per heavy atom. The van der Waals surface area contributed by atoms with Gasteiger partial charge in [0.2, 0.25) is 5.13 Å². The SMILES string of the molecule is CNC(=O)Oc1cc(C(F)(F)F)cnc1Nc1nc(-c2cc3c(cn2)CN(C(C)C)C3)ns1. The van der Waals surface area contributed by atoms with Crippen LogP contribution in [-0.2, 0) is 19.3 Å². The third-order valence-electron chi connectivity index (χ3n) is 5.03. The van der Waals surface area contributed by atoms with Gasteiger partial charge in [-0.05, 0) is 37.1 Å². The number of fused-ring (bicyclic) bond motifs is 1. The first-order chi connectivity index (χ1) is 15.6. The number of nitrogens with one attached hydrogen (secondary N) is 2. The van der Waals surface area contributed by atoms with Gasteiger partial charge < -0.3 is 15.4 Å². The molecule has 0 fully saturated rings. The molecule has 0 spiro atoms. The number of anilines is 2. The molecule has 13 heteroatoms. The molecule has 2 N–H and O–H groups in total. The summed E-state index contributed by atoms with van der Waals surface area (Å²) in [5.74, 6) is -0.136. The smallest absolute Gasteiger partial charge is 0.406 e. The second kappa shape index (κ2) is 8.90. The first-order valence-electron chi connectivity index (χ1n) is 9.93. The van der Waals surface area contributed by atoms with E-state index >= 15 is 0 Å². The average Bonchev–Trinajstić information content (AvgIpc) is 3.40. The number of nitrogens with zero attached hydrogens (tertiary/aromatic N) is 5. The summed E-state index contributed by atoms with van der Waals surface area (Å²) in [7, 11) is 1.29. The molecule has 0 saturated heterocycles. The van der Waals surface area contributed by atoms with Gasteiger partial charge in [-0.2, -0.15) is 22.5 Å². The number of carbonyl (C=O) groups is 1. The Balaban J connectivity index is 1.57. The van der Waals surface area contributed by atoms with Gasteiger partial charge in [0.05, 0.1) is 5.56 Å². The zero-order chi connectivity index (χ0) is 23.8. The van der Waals surface area contributed by atoms with Crippen molar-refractivity contribution in [2.45, 2.75) is 39.2 Å². The maximum absolute atomic E-state index is 13.1. The van der Waals surface area contributed by atoms with Gasteiger partial charge in [0.25, 0.3) is 0 Å². The molecule has 3 aromatic rings. The van der Waals surface area contributed by atoms with Crippen LogP contribution in [0.15, 0.2) is 24.5 Å². The van der Waals surface area contributed by atoms with Crippen molar-refractivity contribution in [1.82, 2.24) is 29.5 Å². The van der Waals surface area contributed by atoms with Gasteiger partial charge in [0.1, 0.15) is 5.69 Å². The van der Waals surface area contributed by atoms with E-state index in [1.807, 2.05) is 12.3 Å². The molecule has 0 radical (unpaired) electrons. The summed E-state index contributed by atoms with van der Waals surface area (Å²) < 4.78 is 48.4. The van der Waals surface area contributed by atoms with E-state index in [-0.39, 0.29) is 10.9 Å². The van der Waals surface area contributed by atoms with E-state index in [0.717, 1.165) is 35.7 Å². The van der Waals surface area contributed by atoms with Gasteiger partial charge >= 0.3 is 12.3 Å². The first-order valence-corrected chi connectivity index (χ1v) is 10.7. The molecule has 1 aliphatic heterocycles. The fourth-order valence-corrected chi connectivity index (χ4v) is 3.77. The van der Waals surface area contributed by atoms with Crippen LogP contribution < -0.4 is 15.4 Å². The van der Waals surface area contributed by atoms with Crippen LogP contribution in [0, 0.1) is 0 Å². The Kier molecular flexibility index (Phi) is 6.17. The van der Waals surface area contributed by atoms with Crippen molar-refractivity contribution in [2.24, 2.45) is 0 Å². The highest BCUT2D eigenvalue weighted by atomic mass is 32.1. The van der Waals surface area contributed by atoms with Crippen LogP contribution in [0.25, 0.3) is 11.5 Å². The number of hydrogen-bond donors (Lipinski definition) is 2. The fraction of sp³-hybridized carbons (Fsp3) is 0.350. The van der Waals surface area contributed by atoms with Crippen molar-refractivity contribution in [3.63, 3.8) is 0 Å². The maximum Gasteiger partial charge on any atom is 0.418 e. The largest absolute Gasteiger partial charge is 0.418 e. The van der Waals surface area contributed by atoms with Gasteiger partial charge in [-0.25, -0.2) is 9.78 Å². The zero-order valence-electron chi connectivity index (χ0n) is 17.9. The number of ether oxygens (including phenoxy) is 1. The van der Waals surface area contributed by atoms with E-state index in [1.165, 1.54) is 7.05 Å². The summed E-state index contributed by atoms with van der Waals surface area (Å²) in [5.41, 5.74) is 1.85. The van der Waals surface area contributed by atoms with E-state index in [9.17, 15) is 18.0 Å². The summed E-state index contributed by atoms with van der Waals surface area (Å²) in [4.78, 5) is 26.5. The molecule has 0 saturated carbocycles. The molecule has 0 aromatic carbocycles. The van der Waals surface area contributed by atoms with E-state index < -0.39 is 23.6 Å². The van der Waals surface area contributed by atoms with Crippen LogP contribution in [0.2, 0.25) is 0 Å². The van der Waals surface area contributed by atoms with Crippen LogP contribution >= 0.6 is 11.5 Å². The number of aromatic nitrogens is 4. The van der Waals surface area contributed by atoms with Crippen molar-refractivity contribution < 1.29 is 22.7 Å². The van der Waals surface area contributed by atoms with Gasteiger partial charge in [0.15, 0.2) is 17.4 Å². The lowest BCUT2D eigenvalue weighted by Gasteiger charge is -2.18. The van der Waals surface area contributed by atoms with Crippen LogP contribution in [-0.4, -0.2) is 43.4 Å². The van der Waals surface area contributed by atoms with Crippen molar-refractivity contribution in [3.8, 4) is 17.3 Å². The highest BCUT2D eigenvalue weighted by Crippen LogP contribution is 2.35.